The fourth-order valence-corrected chi connectivity index (χ4v) is 3.86. The predicted molar refractivity (Wildman–Crippen MR) is 115 cm³/mol. The zero-order valence-corrected chi connectivity index (χ0v) is 17.4. The number of fused-ring (bicyclic) bond motifs is 1. The lowest BCUT2D eigenvalue weighted by molar-refractivity contribution is -0.169. The summed E-state index contributed by atoms with van der Waals surface area (Å²) in [7, 11) is 0. The summed E-state index contributed by atoms with van der Waals surface area (Å²) >= 11 is 0. The highest BCUT2D eigenvalue weighted by Crippen LogP contribution is 2.28. The molecule has 32 heavy (non-hydrogen) atoms. The summed E-state index contributed by atoms with van der Waals surface area (Å²) < 4.78 is 31.8. The zero-order valence-electron chi connectivity index (χ0n) is 17.4. The fourth-order valence-electron chi connectivity index (χ4n) is 3.86. The number of benzene rings is 2. The van der Waals surface area contributed by atoms with Gasteiger partial charge in [0.2, 0.25) is 0 Å². The van der Waals surface area contributed by atoms with Gasteiger partial charge in [-0.25, -0.2) is 13.9 Å². The maximum atomic E-state index is 13.3. The Balaban J connectivity index is 1.34. The number of rotatable bonds is 6. The van der Waals surface area contributed by atoms with Crippen molar-refractivity contribution in [3.05, 3.63) is 82.2 Å². The van der Waals surface area contributed by atoms with E-state index in [4.69, 9.17) is 13.9 Å². The SMILES string of the molecule is O=c1cc(-c2ccc(F)cc2)c2ccc(Cn3cc(COC4CCCCO4)nn3)cc2o1. The molecule has 1 aliphatic heterocycles. The van der Waals surface area contributed by atoms with Gasteiger partial charge in [-0.3, -0.25) is 0 Å². The molecule has 0 radical (unpaired) electrons. The maximum absolute atomic E-state index is 13.3. The van der Waals surface area contributed by atoms with Gasteiger partial charge in [-0.05, 0) is 54.2 Å². The van der Waals surface area contributed by atoms with Crippen LogP contribution >= 0.6 is 0 Å². The van der Waals surface area contributed by atoms with E-state index >= 15 is 0 Å². The second-order valence-corrected chi connectivity index (χ2v) is 7.83. The summed E-state index contributed by atoms with van der Waals surface area (Å²) in [4.78, 5) is 12.1. The number of nitrogens with zero attached hydrogens (tertiary/aromatic N) is 3. The van der Waals surface area contributed by atoms with Crippen molar-refractivity contribution in [1.82, 2.24) is 15.0 Å². The first-order valence-corrected chi connectivity index (χ1v) is 10.6. The number of hydrogen-bond acceptors (Lipinski definition) is 6. The third kappa shape index (κ3) is 4.61. The van der Waals surface area contributed by atoms with Crippen molar-refractivity contribution in [3.8, 4) is 11.1 Å². The Bertz CT molecular complexity index is 1280. The molecular weight excluding hydrogens is 413 g/mol. The van der Waals surface area contributed by atoms with Crippen LogP contribution in [-0.4, -0.2) is 27.9 Å². The van der Waals surface area contributed by atoms with E-state index in [9.17, 15) is 9.18 Å². The van der Waals surface area contributed by atoms with Gasteiger partial charge in [0.1, 0.15) is 17.1 Å². The predicted octanol–water partition coefficient (Wildman–Crippen LogP) is 4.28. The summed E-state index contributed by atoms with van der Waals surface area (Å²) in [5.41, 5.74) is 3.09. The summed E-state index contributed by atoms with van der Waals surface area (Å²) in [6.07, 6.45) is 4.74. The Morgan fingerprint density at radius 2 is 2.00 bits per heavy atom. The van der Waals surface area contributed by atoms with Gasteiger partial charge in [0, 0.05) is 18.1 Å². The van der Waals surface area contributed by atoms with Crippen LogP contribution < -0.4 is 5.63 Å². The van der Waals surface area contributed by atoms with E-state index in [2.05, 4.69) is 10.3 Å². The van der Waals surface area contributed by atoms with Crippen LogP contribution in [0.5, 0.6) is 0 Å². The molecule has 7 nitrogen and oxygen atoms in total. The van der Waals surface area contributed by atoms with Crippen LogP contribution in [0.4, 0.5) is 4.39 Å². The minimum absolute atomic E-state index is 0.174. The second kappa shape index (κ2) is 9.02. The van der Waals surface area contributed by atoms with Gasteiger partial charge < -0.3 is 13.9 Å². The van der Waals surface area contributed by atoms with Crippen molar-refractivity contribution in [2.45, 2.75) is 38.7 Å². The van der Waals surface area contributed by atoms with Gasteiger partial charge in [-0.2, -0.15) is 0 Å². The van der Waals surface area contributed by atoms with E-state index in [1.807, 2.05) is 24.4 Å². The molecule has 0 amide bonds. The molecule has 0 saturated carbocycles. The second-order valence-electron chi connectivity index (χ2n) is 7.83. The summed E-state index contributed by atoms with van der Waals surface area (Å²) in [6, 6.07) is 13.1. The molecule has 2 aromatic carbocycles. The molecule has 0 spiro atoms. The molecule has 4 aromatic rings. The van der Waals surface area contributed by atoms with Gasteiger partial charge in [0.05, 0.1) is 19.3 Å². The molecule has 1 fully saturated rings. The zero-order chi connectivity index (χ0) is 21.9. The van der Waals surface area contributed by atoms with E-state index in [-0.39, 0.29) is 12.1 Å². The van der Waals surface area contributed by atoms with E-state index in [0.29, 0.717) is 24.3 Å². The average Bonchev–Trinajstić information content (AvgIpc) is 3.25. The van der Waals surface area contributed by atoms with Crippen molar-refractivity contribution in [2.24, 2.45) is 0 Å². The van der Waals surface area contributed by atoms with E-state index < -0.39 is 5.63 Å². The Morgan fingerprint density at radius 1 is 1.12 bits per heavy atom. The van der Waals surface area contributed by atoms with Crippen molar-refractivity contribution in [3.63, 3.8) is 0 Å². The molecule has 2 aromatic heterocycles. The minimum Gasteiger partial charge on any atom is -0.423 e. The molecule has 3 heterocycles. The van der Waals surface area contributed by atoms with Gasteiger partial charge in [-0.15, -0.1) is 5.10 Å². The first kappa shape index (κ1) is 20.5. The summed E-state index contributed by atoms with van der Waals surface area (Å²) in [5.74, 6) is -0.327. The van der Waals surface area contributed by atoms with Crippen LogP contribution in [0, 0.1) is 5.82 Å². The molecule has 0 aliphatic carbocycles. The third-order valence-corrected chi connectivity index (χ3v) is 5.45. The van der Waals surface area contributed by atoms with Gasteiger partial charge in [0.25, 0.3) is 0 Å². The van der Waals surface area contributed by atoms with Crippen molar-refractivity contribution < 1.29 is 18.3 Å². The topological polar surface area (TPSA) is 79.4 Å². The van der Waals surface area contributed by atoms with Crippen LogP contribution in [0.1, 0.15) is 30.5 Å². The Morgan fingerprint density at radius 3 is 2.81 bits per heavy atom. The largest absolute Gasteiger partial charge is 0.423 e. The fraction of sp³-hybridized carbons (Fsp3) is 0.292. The van der Waals surface area contributed by atoms with Crippen molar-refractivity contribution >= 4 is 11.0 Å². The van der Waals surface area contributed by atoms with E-state index in [1.54, 1.807) is 16.8 Å². The molecule has 1 aliphatic rings. The van der Waals surface area contributed by atoms with Gasteiger partial charge in [-0.1, -0.05) is 29.5 Å². The number of halogens is 1. The Kier molecular flexibility index (Phi) is 5.79. The lowest BCUT2D eigenvalue weighted by Gasteiger charge is -2.22. The molecule has 1 atom stereocenters. The molecule has 8 heteroatoms. The Labute approximate surface area is 183 Å². The van der Waals surface area contributed by atoms with Crippen LogP contribution in [0.25, 0.3) is 22.1 Å². The number of ether oxygens (including phenoxy) is 2. The highest BCUT2D eigenvalue weighted by Gasteiger charge is 2.15. The highest BCUT2D eigenvalue weighted by atomic mass is 19.1. The van der Waals surface area contributed by atoms with Gasteiger partial charge >= 0.3 is 5.63 Å². The molecular formula is C24H22FN3O4. The monoisotopic (exact) mass is 435 g/mol. The van der Waals surface area contributed by atoms with Crippen LogP contribution in [0.15, 0.2) is 63.9 Å². The quantitative estimate of drug-likeness (QED) is 0.421. The minimum atomic E-state index is -0.459. The first-order chi connectivity index (χ1) is 15.6. The summed E-state index contributed by atoms with van der Waals surface area (Å²) in [6.45, 7) is 1.55. The first-order valence-electron chi connectivity index (χ1n) is 10.6. The third-order valence-electron chi connectivity index (χ3n) is 5.45. The smallest absolute Gasteiger partial charge is 0.336 e. The molecule has 5 rings (SSSR count). The van der Waals surface area contributed by atoms with E-state index in [0.717, 1.165) is 48.1 Å². The summed E-state index contributed by atoms with van der Waals surface area (Å²) in [5, 5.41) is 9.10. The highest BCUT2D eigenvalue weighted by molar-refractivity contribution is 5.93. The normalized spacial score (nSPS) is 16.5. The molecule has 0 bridgehead atoms. The standard InChI is InChI=1S/C24H22FN3O4/c25-18-7-5-17(6-8-18)21-12-23(29)32-22-11-16(4-9-20(21)22)13-28-14-19(26-27-28)15-31-24-3-1-2-10-30-24/h4-9,11-12,14,24H,1-3,10,13,15H2. The maximum Gasteiger partial charge on any atom is 0.336 e. The molecule has 1 unspecified atom stereocenters. The average molecular weight is 435 g/mol. The van der Waals surface area contributed by atoms with Crippen LogP contribution in [-0.2, 0) is 22.6 Å². The lowest BCUT2D eigenvalue weighted by atomic mass is 10.0. The lowest BCUT2D eigenvalue weighted by Crippen LogP contribution is -2.22. The molecule has 0 N–H and O–H groups in total. The number of hydrogen-bond donors (Lipinski definition) is 0. The van der Waals surface area contributed by atoms with Crippen molar-refractivity contribution in [2.75, 3.05) is 6.61 Å². The van der Waals surface area contributed by atoms with E-state index in [1.165, 1.54) is 18.2 Å². The molecule has 164 valence electrons. The van der Waals surface area contributed by atoms with Crippen LogP contribution in [0.2, 0.25) is 0 Å². The number of aromatic nitrogens is 3. The van der Waals surface area contributed by atoms with Crippen molar-refractivity contribution in [1.29, 1.82) is 0 Å². The van der Waals surface area contributed by atoms with Gasteiger partial charge in [0.15, 0.2) is 6.29 Å². The molecule has 1 saturated heterocycles. The Hall–Kier alpha value is -3.36. The van der Waals surface area contributed by atoms with Crippen LogP contribution in [0.3, 0.4) is 0 Å².